The maximum atomic E-state index is 11.4. The second kappa shape index (κ2) is 6.42. The van der Waals surface area contributed by atoms with E-state index in [2.05, 4.69) is 15.2 Å². The molecular formula is C12H17N5O4S2. The molecule has 2 aromatic rings. The summed E-state index contributed by atoms with van der Waals surface area (Å²) in [6.45, 7) is 2.43. The number of nitro groups is 1. The molecule has 0 saturated carbocycles. The number of imidazole rings is 1. The summed E-state index contributed by atoms with van der Waals surface area (Å²) < 4.78 is 24.2. The van der Waals surface area contributed by atoms with E-state index in [1.165, 1.54) is 15.7 Å². The van der Waals surface area contributed by atoms with Crippen LogP contribution in [0.2, 0.25) is 0 Å². The van der Waals surface area contributed by atoms with Crippen molar-refractivity contribution in [2.75, 3.05) is 43.0 Å². The minimum Gasteiger partial charge on any atom is -0.363 e. The molecule has 0 radical (unpaired) electrons. The summed E-state index contributed by atoms with van der Waals surface area (Å²) >= 11 is 1.34. The van der Waals surface area contributed by atoms with Crippen LogP contribution in [0.3, 0.4) is 0 Å². The molecule has 1 aliphatic heterocycles. The van der Waals surface area contributed by atoms with Gasteiger partial charge in [-0.2, -0.15) is 9.38 Å². The first-order valence-corrected chi connectivity index (χ1v) is 9.93. The van der Waals surface area contributed by atoms with Crippen molar-refractivity contribution in [3.05, 3.63) is 21.7 Å². The standard InChI is InChI=1S/C12H17N5O4S2/c18-17(19)11-10(14-12-16(11)4-7-22-12)13-2-1-3-15-5-8-23(20,21)9-6-15/h4,7,13H,1-3,5-6,8-9H2. The van der Waals surface area contributed by atoms with Gasteiger partial charge in [0.2, 0.25) is 5.82 Å². The van der Waals surface area contributed by atoms with Crippen molar-refractivity contribution in [2.24, 2.45) is 0 Å². The molecule has 9 nitrogen and oxygen atoms in total. The second-order valence-corrected chi connectivity index (χ2v) is 8.55. The van der Waals surface area contributed by atoms with Crippen LogP contribution in [0.15, 0.2) is 11.6 Å². The first kappa shape index (κ1) is 16.1. The van der Waals surface area contributed by atoms with E-state index < -0.39 is 14.8 Å². The Hall–Kier alpha value is -1.72. The molecule has 1 fully saturated rings. The lowest BCUT2D eigenvalue weighted by Gasteiger charge is -2.26. The predicted molar refractivity (Wildman–Crippen MR) is 87.9 cm³/mol. The number of fused-ring (bicyclic) bond motifs is 1. The SMILES string of the molecule is O=[N+]([O-])c1c(NCCCN2CCS(=O)(=O)CC2)nc2sccn12. The molecule has 1 N–H and O–H groups in total. The number of thiazole rings is 1. The maximum absolute atomic E-state index is 11.4. The zero-order chi connectivity index (χ0) is 16.4. The molecule has 0 spiro atoms. The summed E-state index contributed by atoms with van der Waals surface area (Å²) in [5.74, 6) is 0.653. The number of nitrogens with one attached hydrogen (secondary N) is 1. The van der Waals surface area contributed by atoms with Gasteiger partial charge in [0, 0.05) is 25.0 Å². The van der Waals surface area contributed by atoms with E-state index in [9.17, 15) is 18.5 Å². The molecule has 3 rings (SSSR count). The van der Waals surface area contributed by atoms with Gasteiger partial charge in [0.15, 0.2) is 9.84 Å². The van der Waals surface area contributed by atoms with Gasteiger partial charge in [-0.1, -0.05) is 11.3 Å². The van der Waals surface area contributed by atoms with E-state index in [-0.39, 0.29) is 23.1 Å². The molecular weight excluding hydrogens is 342 g/mol. The molecule has 0 bridgehead atoms. The van der Waals surface area contributed by atoms with Crippen LogP contribution in [0.5, 0.6) is 0 Å². The lowest BCUT2D eigenvalue weighted by Crippen LogP contribution is -2.41. The third-order valence-corrected chi connectivity index (χ3v) is 6.16. The van der Waals surface area contributed by atoms with Gasteiger partial charge in [-0.3, -0.25) is 0 Å². The Labute approximate surface area is 137 Å². The fourth-order valence-corrected chi connectivity index (χ4v) is 4.54. The van der Waals surface area contributed by atoms with Crippen LogP contribution in [0.4, 0.5) is 11.6 Å². The van der Waals surface area contributed by atoms with Gasteiger partial charge in [0.1, 0.15) is 6.20 Å². The van der Waals surface area contributed by atoms with Gasteiger partial charge >= 0.3 is 5.82 Å². The molecule has 11 heteroatoms. The fraction of sp³-hybridized carbons (Fsp3) is 0.583. The van der Waals surface area contributed by atoms with Crippen LogP contribution in [-0.4, -0.2) is 65.3 Å². The third-order valence-electron chi connectivity index (χ3n) is 3.79. The molecule has 23 heavy (non-hydrogen) atoms. The Morgan fingerprint density at radius 2 is 2.13 bits per heavy atom. The zero-order valence-electron chi connectivity index (χ0n) is 12.3. The van der Waals surface area contributed by atoms with Crippen molar-refractivity contribution < 1.29 is 13.3 Å². The molecule has 0 amide bonds. The van der Waals surface area contributed by atoms with Crippen LogP contribution in [0.25, 0.3) is 4.96 Å². The Balaban J connectivity index is 1.52. The first-order valence-electron chi connectivity index (χ1n) is 7.23. The van der Waals surface area contributed by atoms with Crippen LogP contribution in [0.1, 0.15) is 6.42 Å². The van der Waals surface area contributed by atoms with E-state index in [0.717, 1.165) is 13.0 Å². The van der Waals surface area contributed by atoms with Crippen LogP contribution in [-0.2, 0) is 9.84 Å². The van der Waals surface area contributed by atoms with Gasteiger partial charge < -0.3 is 20.3 Å². The predicted octanol–water partition coefficient (Wildman–Crippen LogP) is 0.836. The topological polar surface area (TPSA) is 110 Å². The number of nitrogens with zero attached hydrogens (tertiary/aromatic N) is 4. The monoisotopic (exact) mass is 359 g/mol. The number of hydrogen-bond acceptors (Lipinski definition) is 8. The fourth-order valence-electron chi connectivity index (χ4n) is 2.55. The molecule has 3 heterocycles. The van der Waals surface area contributed by atoms with Crippen LogP contribution in [0, 0.1) is 10.1 Å². The van der Waals surface area contributed by atoms with Crippen LogP contribution >= 0.6 is 11.3 Å². The third kappa shape index (κ3) is 3.62. The maximum Gasteiger partial charge on any atom is 0.372 e. The van der Waals surface area contributed by atoms with Crippen molar-refractivity contribution >= 4 is 37.8 Å². The lowest BCUT2D eigenvalue weighted by molar-refractivity contribution is -0.389. The van der Waals surface area contributed by atoms with Crippen molar-refractivity contribution in [1.82, 2.24) is 14.3 Å². The average Bonchev–Trinajstić information content (AvgIpc) is 3.04. The van der Waals surface area contributed by atoms with Crippen molar-refractivity contribution in [1.29, 1.82) is 0 Å². The quantitative estimate of drug-likeness (QED) is 0.462. The Morgan fingerprint density at radius 1 is 1.39 bits per heavy atom. The normalized spacial score (nSPS) is 18.3. The van der Waals surface area contributed by atoms with Gasteiger partial charge in [-0.15, -0.1) is 0 Å². The van der Waals surface area contributed by atoms with Gasteiger partial charge in [0.05, 0.1) is 11.5 Å². The minimum absolute atomic E-state index is 0.0506. The molecule has 0 aliphatic carbocycles. The van der Waals surface area contributed by atoms with Crippen molar-refractivity contribution in [2.45, 2.75) is 6.42 Å². The first-order chi connectivity index (χ1) is 11.0. The second-order valence-electron chi connectivity index (χ2n) is 5.37. The Kier molecular flexibility index (Phi) is 4.50. The van der Waals surface area contributed by atoms with Crippen LogP contribution < -0.4 is 5.32 Å². The highest BCUT2D eigenvalue weighted by atomic mass is 32.2. The van der Waals surface area contributed by atoms with E-state index in [1.54, 1.807) is 11.6 Å². The molecule has 1 saturated heterocycles. The Bertz CT molecular complexity index is 799. The van der Waals surface area contributed by atoms with Crippen molar-refractivity contribution in [3.63, 3.8) is 0 Å². The molecule has 126 valence electrons. The largest absolute Gasteiger partial charge is 0.372 e. The highest BCUT2D eigenvalue weighted by Gasteiger charge is 2.24. The summed E-state index contributed by atoms with van der Waals surface area (Å²) in [5.41, 5.74) is 0. The highest BCUT2D eigenvalue weighted by molar-refractivity contribution is 7.91. The molecule has 1 aliphatic rings. The number of aromatic nitrogens is 2. The van der Waals surface area contributed by atoms with Gasteiger partial charge in [-0.05, 0) is 17.9 Å². The lowest BCUT2D eigenvalue weighted by atomic mass is 10.3. The molecule has 0 unspecified atom stereocenters. The summed E-state index contributed by atoms with van der Waals surface area (Å²) in [6, 6.07) is 0. The number of sulfone groups is 1. The van der Waals surface area contributed by atoms with Crippen molar-refractivity contribution in [3.8, 4) is 0 Å². The zero-order valence-corrected chi connectivity index (χ0v) is 14.0. The smallest absolute Gasteiger partial charge is 0.363 e. The van der Waals surface area contributed by atoms with Gasteiger partial charge in [-0.25, -0.2) is 8.42 Å². The Morgan fingerprint density at radius 3 is 2.83 bits per heavy atom. The summed E-state index contributed by atoms with van der Waals surface area (Å²) in [4.78, 5) is 17.7. The molecule has 0 atom stereocenters. The summed E-state index contributed by atoms with van der Waals surface area (Å²) in [5, 5.41) is 15.9. The summed E-state index contributed by atoms with van der Waals surface area (Å²) in [6.07, 6.45) is 2.40. The highest BCUT2D eigenvalue weighted by Crippen LogP contribution is 2.27. The minimum atomic E-state index is -2.86. The van der Waals surface area contributed by atoms with Gasteiger partial charge in [0.25, 0.3) is 4.96 Å². The van der Waals surface area contributed by atoms with E-state index >= 15 is 0 Å². The molecule has 0 aromatic carbocycles. The number of anilines is 1. The van der Waals surface area contributed by atoms with E-state index in [4.69, 9.17) is 0 Å². The van der Waals surface area contributed by atoms with E-state index in [1.807, 2.05) is 0 Å². The summed E-state index contributed by atoms with van der Waals surface area (Å²) in [7, 11) is -2.86. The number of rotatable bonds is 6. The molecule has 2 aromatic heterocycles. The number of hydrogen-bond donors (Lipinski definition) is 1. The average molecular weight is 359 g/mol. The van der Waals surface area contributed by atoms with E-state index in [0.29, 0.717) is 24.6 Å².